The summed E-state index contributed by atoms with van der Waals surface area (Å²) in [6.07, 6.45) is 4.66. The lowest BCUT2D eigenvalue weighted by Crippen LogP contribution is -2.39. The van der Waals surface area contributed by atoms with E-state index in [9.17, 15) is 0 Å². The second-order valence-corrected chi connectivity index (χ2v) is 5.77. The molecule has 21 heavy (non-hydrogen) atoms. The van der Waals surface area contributed by atoms with Crippen LogP contribution in [0.3, 0.4) is 0 Å². The Kier molecular flexibility index (Phi) is 6.88. The van der Waals surface area contributed by atoms with Crippen molar-refractivity contribution in [1.82, 2.24) is 10.6 Å². The standard InChI is InChI=1S/C16H23N3OS/c1-2-9-17-16(18-10-7-14-5-3-12-20-14)19-11-8-15-6-4-13-21-15/h3-6,12-13H,2,7-11H2,1H3,(H2,17,18,19). The van der Waals surface area contributed by atoms with Gasteiger partial charge in [0.1, 0.15) is 5.76 Å². The summed E-state index contributed by atoms with van der Waals surface area (Å²) < 4.78 is 5.33. The number of rotatable bonds is 8. The molecule has 2 aromatic rings. The summed E-state index contributed by atoms with van der Waals surface area (Å²) in [4.78, 5) is 5.94. The first-order valence-corrected chi connectivity index (χ1v) is 8.33. The second kappa shape index (κ2) is 9.23. The molecule has 0 fully saturated rings. The summed E-state index contributed by atoms with van der Waals surface area (Å²) in [5.74, 6) is 1.89. The van der Waals surface area contributed by atoms with Gasteiger partial charge in [-0.3, -0.25) is 4.99 Å². The Bertz CT molecular complexity index is 463. The molecular formula is C16H23N3OS. The first kappa shape index (κ1) is 15.6. The molecule has 0 saturated carbocycles. The number of hydrogen-bond acceptors (Lipinski definition) is 3. The van der Waals surface area contributed by atoms with E-state index < -0.39 is 0 Å². The molecule has 2 aromatic heterocycles. The predicted octanol–water partition coefficient (Wildman–Crippen LogP) is 3.07. The SMILES string of the molecule is CCCN=C(NCCc1ccco1)NCCc1cccs1. The van der Waals surface area contributed by atoms with Gasteiger partial charge in [0, 0.05) is 30.9 Å². The van der Waals surface area contributed by atoms with Crippen molar-refractivity contribution in [3.8, 4) is 0 Å². The molecule has 0 aliphatic carbocycles. The molecule has 0 aliphatic heterocycles. The van der Waals surface area contributed by atoms with Crippen LogP contribution in [0.25, 0.3) is 0 Å². The van der Waals surface area contributed by atoms with Gasteiger partial charge in [0.25, 0.3) is 0 Å². The fourth-order valence-electron chi connectivity index (χ4n) is 1.92. The fourth-order valence-corrected chi connectivity index (χ4v) is 2.62. The summed E-state index contributed by atoms with van der Waals surface area (Å²) >= 11 is 1.80. The van der Waals surface area contributed by atoms with E-state index in [1.165, 1.54) is 4.88 Å². The van der Waals surface area contributed by atoms with E-state index in [2.05, 4.69) is 40.1 Å². The number of furan rings is 1. The zero-order valence-electron chi connectivity index (χ0n) is 12.5. The van der Waals surface area contributed by atoms with Crippen LogP contribution < -0.4 is 10.6 Å². The summed E-state index contributed by atoms with van der Waals surface area (Å²) in [5.41, 5.74) is 0. The third-order valence-corrected chi connectivity index (χ3v) is 3.92. The van der Waals surface area contributed by atoms with Gasteiger partial charge >= 0.3 is 0 Å². The molecule has 5 heteroatoms. The minimum atomic E-state index is 0.821. The lowest BCUT2D eigenvalue weighted by molar-refractivity contribution is 0.506. The van der Waals surface area contributed by atoms with E-state index in [1.807, 2.05) is 12.1 Å². The van der Waals surface area contributed by atoms with Crippen LogP contribution in [0, 0.1) is 0 Å². The van der Waals surface area contributed by atoms with Crippen LogP contribution in [0.4, 0.5) is 0 Å². The van der Waals surface area contributed by atoms with E-state index in [0.29, 0.717) is 0 Å². The highest BCUT2D eigenvalue weighted by atomic mass is 32.1. The Morgan fingerprint density at radius 3 is 2.71 bits per heavy atom. The molecular weight excluding hydrogens is 282 g/mol. The second-order valence-electron chi connectivity index (χ2n) is 4.74. The molecule has 4 nitrogen and oxygen atoms in total. The van der Waals surface area contributed by atoms with Gasteiger partial charge in [0.15, 0.2) is 5.96 Å². The summed E-state index contributed by atoms with van der Waals surface area (Å²) in [6.45, 7) is 4.70. The van der Waals surface area contributed by atoms with Crippen molar-refractivity contribution in [3.05, 3.63) is 46.5 Å². The summed E-state index contributed by atoms with van der Waals surface area (Å²) in [7, 11) is 0. The Morgan fingerprint density at radius 1 is 1.19 bits per heavy atom. The maximum atomic E-state index is 5.33. The van der Waals surface area contributed by atoms with Crippen molar-refractivity contribution in [2.24, 2.45) is 4.99 Å². The van der Waals surface area contributed by atoms with Gasteiger partial charge < -0.3 is 15.1 Å². The highest BCUT2D eigenvalue weighted by Crippen LogP contribution is 2.08. The highest BCUT2D eigenvalue weighted by Gasteiger charge is 2.00. The Morgan fingerprint density at radius 2 is 2.05 bits per heavy atom. The molecule has 0 atom stereocenters. The molecule has 2 N–H and O–H groups in total. The molecule has 0 radical (unpaired) electrons. The fraction of sp³-hybridized carbons (Fsp3) is 0.438. The predicted molar refractivity (Wildman–Crippen MR) is 89.0 cm³/mol. The van der Waals surface area contributed by atoms with Crippen molar-refractivity contribution in [3.63, 3.8) is 0 Å². The number of hydrogen-bond donors (Lipinski definition) is 2. The third kappa shape index (κ3) is 6.04. The van der Waals surface area contributed by atoms with Crippen molar-refractivity contribution >= 4 is 17.3 Å². The molecule has 2 rings (SSSR count). The number of aliphatic imine (C=N–C) groups is 1. The topological polar surface area (TPSA) is 49.6 Å². The number of thiophene rings is 1. The highest BCUT2D eigenvalue weighted by molar-refractivity contribution is 7.09. The van der Waals surface area contributed by atoms with E-state index in [4.69, 9.17) is 4.42 Å². The normalized spacial score (nSPS) is 11.6. The molecule has 0 saturated heterocycles. The minimum absolute atomic E-state index is 0.821. The molecule has 114 valence electrons. The lowest BCUT2D eigenvalue weighted by atomic mass is 10.3. The molecule has 0 aliphatic rings. The zero-order valence-corrected chi connectivity index (χ0v) is 13.3. The van der Waals surface area contributed by atoms with Crippen molar-refractivity contribution in [1.29, 1.82) is 0 Å². The van der Waals surface area contributed by atoms with Crippen molar-refractivity contribution < 1.29 is 4.42 Å². The smallest absolute Gasteiger partial charge is 0.191 e. The van der Waals surface area contributed by atoms with E-state index in [0.717, 1.165) is 50.6 Å². The van der Waals surface area contributed by atoms with Gasteiger partial charge in [-0.25, -0.2) is 0 Å². The quantitative estimate of drug-likeness (QED) is 0.582. The largest absolute Gasteiger partial charge is 0.469 e. The van der Waals surface area contributed by atoms with E-state index >= 15 is 0 Å². The maximum Gasteiger partial charge on any atom is 0.191 e. The molecule has 0 amide bonds. The van der Waals surface area contributed by atoms with Gasteiger partial charge in [-0.2, -0.15) is 0 Å². The van der Waals surface area contributed by atoms with Crippen LogP contribution in [0.1, 0.15) is 24.0 Å². The summed E-state index contributed by atoms with van der Waals surface area (Å²) in [5, 5.41) is 8.86. The van der Waals surface area contributed by atoms with Gasteiger partial charge in [-0.1, -0.05) is 13.0 Å². The van der Waals surface area contributed by atoms with Gasteiger partial charge in [0.05, 0.1) is 6.26 Å². The number of guanidine groups is 1. The van der Waals surface area contributed by atoms with Crippen LogP contribution in [0.2, 0.25) is 0 Å². The molecule has 0 unspecified atom stereocenters. The molecule has 0 spiro atoms. The molecule has 0 bridgehead atoms. The Balaban J connectivity index is 1.71. The van der Waals surface area contributed by atoms with Gasteiger partial charge in [-0.05, 0) is 36.4 Å². The monoisotopic (exact) mass is 305 g/mol. The van der Waals surface area contributed by atoms with Crippen LogP contribution in [-0.4, -0.2) is 25.6 Å². The summed E-state index contributed by atoms with van der Waals surface area (Å²) in [6, 6.07) is 8.17. The lowest BCUT2D eigenvalue weighted by Gasteiger charge is -2.11. The third-order valence-electron chi connectivity index (χ3n) is 2.98. The average molecular weight is 305 g/mol. The minimum Gasteiger partial charge on any atom is -0.469 e. The van der Waals surface area contributed by atoms with Crippen LogP contribution in [0.15, 0.2) is 45.3 Å². The number of nitrogens with zero attached hydrogens (tertiary/aromatic N) is 1. The number of nitrogens with one attached hydrogen (secondary N) is 2. The van der Waals surface area contributed by atoms with Crippen molar-refractivity contribution in [2.75, 3.05) is 19.6 Å². The van der Waals surface area contributed by atoms with E-state index in [1.54, 1.807) is 17.6 Å². The van der Waals surface area contributed by atoms with Gasteiger partial charge in [0.2, 0.25) is 0 Å². The van der Waals surface area contributed by atoms with Gasteiger partial charge in [-0.15, -0.1) is 11.3 Å². The van der Waals surface area contributed by atoms with Crippen LogP contribution in [0.5, 0.6) is 0 Å². The first-order chi connectivity index (χ1) is 10.4. The molecule has 2 heterocycles. The zero-order chi connectivity index (χ0) is 14.8. The Labute approximate surface area is 130 Å². The Hall–Kier alpha value is -1.75. The van der Waals surface area contributed by atoms with Crippen molar-refractivity contribution in [2.45, 2.75) is 26.2 Å². The first-order valence-electron chi connectivity index (χ1n) is 7.45. The van der Waals surface area contributed by atoms with Crippen LogP contribution in [-0.2, 0) is 12.8 Å². The molecule has 0 aromatic carbocycles. The van der Waals surface area contributed by atoms with Crippen LogP contribution >= 0.6 is 11.3 Å². The average Bonchev–Trinajstić information content (AvgIpc) is 3.17. The maximum absolute atomic E-state index is 5.33. The van der Waals surface area contributed by atoms with E-state index in [-0.39, 0.29) is 0 Å².